The van der Waals surface area contributed by atoms with Gasteiger partial charge in [-0.2, -0.15) is 0 Å². The first-order chi connectivity index (χ1) is 12.0. The van der Waals surface area contributed by atoms with Gasteiger partial charge in [-0.3, -0.25) is 9.69 Å². The Hall–Kier alpha value is -2.32. The van der Waals surface area contributed by atoms with Crippen molar-refractivity contribution < 1.29 is 19.1 Å². The fourth-order valence-corrected chi connectivity index (χ4v) is 3.23. The van der Waals surface area contributed by atoms with Crippen LogP contribution in [0.3, 0.4) is 0 Å². The van der Waals surface area contributed by atoms with Gasteiger partial charge in [-0.1, -0.05) is 11.6 Å². The summed E-state index contributed by atoms with van der Waals surface area (Å²) in [6.45, 7) is 2.95. The molecular formula is C16H19ClN4O4. The highest BCUT2D eigenvalue weighted by molar-refractivity contribution is 6.33. The van der Waals surface area contributed by atoms with Gasteiger partial charge in [0.25, 0.3) is 0 Å². The number of esters is 1. The number of nitrogens with one attached hydrogen (secondary N) is 2. The minimum atomic E-state index is -0.575. The molecule has 2 fully saturated rings. The van der Waals surface area contributed by atoms with Gasteiger partial charge in [0.1, 0.15) is 6.04 Å². The number of methoxy groups -OCH3 is 1. The van der Waals surface area contributed by atoms with Gasteiger partial charge in [0.05, 0.1) is 17.7 Å². The number of carbonyl (C=O) groups is 3. The number of rotatable bonds is 2. The molecule has 2 N–H and O–H groups in total. The second-order valence-corrected chi connectivity index (χ2v) is 6.31. The van der Waals surface area contributed by atoms with Gasteiger partial charge in [0.15, 0.2) is 0 Å². The molecule has 0 spiro atoms. The first kappa shape index (κ1) is 17.5. The molecule has 3 amide bonds. The second kappa shape index (κ2) is 7.28. The largest absolute Gasteiger partial charge is 0.465 e. The quantitative estimate of drug-likeness (QED) is 0.755. The maximum Gasteiger partial charge on any atom is 0.339 e. The second-order valence-electron chi connectivity index (χ2n) is 5.91. The van der Waals surface area contributed by atoms with Crippen LogP contribution in [0, 0.1) is 0 Å². The van der Waals surface area contributed by atoms with E-state index in [9.17, 15) is 14.4 Å². The lowest BCUT2D eigenvalue weighted by Gasteiger charge is -2.42. The molecule has 1 aromatic rings. The highest BCUT2D eigenvalue weighted by atomic mass is 35.5. The van der Waals surface area contributed by atoms with E-state index >= 15 is 0 Å². The lowest BCUT2D eigenvalue weighted by Crippen LogP contribution is -2.64. The summed E-state index contributed by atoms with van der Waals surface area (Å²) < 4.78 is 4.67. The summed E-state index contributed by atoms with van der Waals surface area (Å²) in [7, 11) is 1.26. The number of hydrogen-bond acceptors (Lipinski definition) is 5. The van der Waals surface area contributed by atoms with Crippen LogP contribution in [0.5, 0.6) is 0 Å². The lowest BCUT2D eigenvalue weighted by atomic mass is 10.1. The van der Waals surface area contributed by atoms with Crippen molar-refractivity contribution in [2.24, 2.45) is 0 Å². The zero-order valence-electron chi connectivity index (χ0n) is 13.8. The maximum absolute atomic E-state index is 12.5. The molecule has 0 unspecified atom stereocenters. The van der Waals surface area contributed by atoms with Crippen molar-refractivity contribution in [3.05, 3.63) is 28.8 Å². The molecule has 25 heavy (non-hydrogen) atoms. The Balaban J connectivity index is 1.68. The molecular weight excluding hydrogens is 348 g/mol. The van der Waals surface area contributed by atoms with E-state index in [-0.39, 0.29) is 28.6 Å². The summed E-state index contributed by atoms with van der Waals surface area (Å²) in [6.07, 6.45) is 0. The van der Waals surface area contributed by atoms with Crippen LogP contribution < -0.4 is 10.6 Å². The number of carbonyl (C=O) groups excluding carboxylic acids is 3. The number of ether oxygens (including phenoxy) is 1. The fraction of sp³-hybridized carbons (Fsp3) is 0.438. The van der Waals surface area contributed by atoms with E-state index in [0.29, 0.717) is 31.9 Å². The number of nitrogens with zero attached hydrogens (tertiary/aromatic N) is 2. The highest BCUT2D eigenvalue weighted by Crippen LogP contribution is 2.22. The molecule has 8 nitrogen and oxygen atoms in total. The minimum Gasteiger partial charge on any atom is -0.465 e. The maximum atomic E-state index is 12.5. The molecule has 2 heterocycles. The molecule has 0 aromatic heterocycles. The molecule has 9 heteroatoms. The average Bonchev–Trinajstić information content (AvgIpc) is 2.62. The molecule has 134 valence electrons. The third kappa shape index (κ3) is 3.69. The van der Waals surface area contributed by atoms with Crippen molar-refractivity contribution in [1.29, 1.82) is 0 Å². The summed E-state index contributed by atoms with van der Waals surface area (Å²) in [5.74, 6) is -0.628. The van der Waals surface area contributed by atoms with Crippen LogP contribution in [0.4, 0.5) is 10.5 Å². The van der Waals surface area contributed by atoms with Gasteiger partial charge in [-0.15, -0.1) is 0 Å². The molecule has 2 aliphatic heterocycles. The van der Waals surface area contributed by atoms with E-state index in [0.717, 1.165) is 6.54 Å². The van der Waals surface area contributed by atoms with E-state index in [1.807, 2.05) is 0 Å². The Bertz CT molecular complexity index is 711. The number of halogens is 1. The molecule has 1 aromatic carbocycles. The molecule has 0 aliphatic carbocycles. The number of piperazine rings is 2. The Labute approximate surface area is 150 Å². The summed E-state index contributed by atoms with van der Waals surface area (Å²) in [6, 6.07) is 3.96. The number of urea groups is 1. The fourth-order valence-electron chi connectivity index (χ4n) is 3.03. The standard InChI is InChI=1S/C16H19ClN4O4/c1-25-15(23)11-8-10(2-3-12(11)17)19-16(24)21-7-6-20-5-4-18-14(22)13(20)9-21/h2-3,8,13H,4-7,9H2,1H3,(H,18,22)(H,19,24)/t13-/m1/s1. The van der Waals surface area contributed by atoms with Crippen molar-refractivity contribution in [3.8, 4) is 0 Å². The monoisotopic (exact) mass is 366 g/mol. The van der Waals surface area contributed by atoms with Gasteiger partial charge < -0.3 is 20.3 Å². The first-order valence-electron chi connectivity index (χ1n) is 7.95. The van der Waals surface area contributed by atoms with Crippen LogP contribution in [-0.2, 0) is 9.53 Å². The smallest absolute Gasteiger partial charge is 0.339 e. The van der Waals surface area contributed by atoms with Crippen LogP contribution in [0.25, 0.3) is 0 Å². The Morgan fingerprint density at radius 3 is 2.88 bits per heavy atom. The van der Waals surface area contributed by atoms with Crippen molar-refractivity contribution in [1.82, 2.24) is 15.1 Å². The van der Waals surface area contributed by atoms with E-state index in [1.54, 1.807) is 11.0 Å². The predicted octanol–water partition coefficient (Wildman–Crippen LogP) is 0.775. The van der Waals surface area contributed by atoms with Crippen molar-refractivity contribution >= 4 is 35.2 Å². The number of benzene rings is 1. The summed E-state index contributed by atoms with van der Waals surface area (Å²) in [5.41, 5.74) is 0.615. The topological polar surface area (TPSA) is 91.0 Å². The zero-order chi connectivity index (χ0) is 18.0. The Morgan fingerprint density at radius 1 is 1.32 bits per heavy atom. The highest BCUT2D eigenvalue weighted by Gasteiger charge is 2.36. The van der Waals surface area contributed by atoms with Crippen LogP contribution in [0.1, 0.15) is 10.4 Å². The third-order valence-corrected chi connectivity index (χ3v) is 4.73. The SMILES string of the molecule is COC(=O)c1cc(NC(=O)N2CCN3CCNC(=O)[C@H]3C2)ccc1Cl. The number of fused-ring (bicyclic) bond motifs is 1. The van der Waals surface area contributed by atoms with Gasteiger partial charge >= 0.3 is 12.0 Å². The van der Waals surface area contributed by atoms with Crippen molar-refractivity contribution in [2.75, 3.05) is 45.2 Å². The van der Waals surface area contributed by atoms with Crippen LogP contribution in [0.2, 0.25) is 5.02 Å². The number of hydrogen-bond donors (Lipinski definition) is 2. The Kier molecular flexibility index (Phi) is 5.10. The van der Waals surface area contributed by atoms with Crippen LogP contribution in [0.15, 0.2) is 18.2 Å². The summed E-state index contributed by atoms with van der Waals surface area (Å²) >= 11 is 5.97. The third-order valence-electron chi connectivity index (χ3n) is 4.40. The van der Waals surface area contributed by atoms with Crippen LogP contribution in [-0.4, -0.2) is 73.6 Å². The summed E-state index contributed by atoms with van der Waals surface area (Å²) in [5, 5.41) is 5.80. The minimum absolute atomic E-state index is 0.0526. The van der Waals surface area contributed by atoms with Gasteiger partial charge in [-0.25, -0.2) is 9.59 Å². The predicted molar refractivity (Wildman–Crippen MR) is 91.8 cm³/mol. The molecule has 2 saturated heterocycles. The average molecular weight is 367 g/mol. The zero-order valence-corrected chi connectivity index (χ0v) is 14.5. The molecule has 0 bridgehead atoms. The molecule has 3 rings (SSSR count). The van der Waals surface area contributed by atoms with E-state index in [4.69, 9.17) is 11.6 Å². The molecule has 0 saturated carbocycles. The first-order valence-corrected chi connectivity index (χ1v) is 8.33. The van der Waals surface area contributed by atoms with Gasteiger partial charge in [0.2, 0.25) is 5.91 Å². The molecule has 1 atom stereocenters. The van der Waals surface area contributed by atoms with E-state index in [1.165, 1.54) is 19.2 Å². The molecule has 2 aliphatic rings. The molecule has 0 radical (unpaired) electrons. The normalized spacial score (nSPS) is 20.5. The van der Waals surface area contributed by atoms with E-state index in [2.05, 4.69) is 20.3 Å². The Morgan fingerprint density at radius 2 is 2.12 bits per heavy atom. The van der Waals surface area contributed by atoms with Gasteiger partial charge in [-0.05, 0) is 18.2 Å². The summed E-state index contributed by atoms with van der Waals surface area (Å²) in [4.78, 5) is 39.8. The number of anilines is 1. The van der Waals surface area contributed by atoms with Crippen molar-refractivity contribution in [3.63, 3.8) is 0 Å². The lowest BCUT2D eigenvalue weighted by molar-refractivity contribution is -0.131. The van der Waals surface area contributed by atoms with Crippen molar-refractivity contribution in [2.45, 2.75) is 6.04 Å². The van der Waals surface area contributed by atoms with Crippen LogP contribution >= 0.6 is 11.6 Å². The van der Waals surface area contributed by atoms with Gasteiger partial charge in [0, 0.05) is 38.4 Å². The number of amides is 3. The van der Waals surface area contributed by atoms with E-state index < -0.39 is 5.97 Å².